The van der Waals surface area contributed by atoms with E-state index in [2.05, 4.69) is 22.6 Å². The van der Waals surface area contributed by atoms with Crippen molar-refractivity contribution in [1.82, 2.24) is 9.97 Å². The molecule has 0 atom stereocenters. The van der Waals surface area contributed by atoms with Gasteiger partial charge in [-0.2, -0.15) is 0 Å². The molecule has 0 unspecified atom stereocenters. The van der Waals surface area contributed by atoms with Gasteiger partial charge in [0.2, 0.25) is 0 Å². The van der Waals surface area contributed by atoms with E-state index in [9.17, 15) is 0 Å². The number of hydrogen-bond donors (Lipinski definition) is 1. The van der Waals surface area contributed by atoms with E-state index >= 15 is 0 Å². The predicted octanol–water partition coefficient (Wildman–Crippen LogP) is 1.38. The highest BCUT2D eigenvalue weighted by Gasteiger charge is 1.96. The Morgan fingerprint density at radius 3 is 2.00 bits per heavy atom. The van der Waals surface area contributed by atoms with Gasteiger partial charge in [-0.15, -0.1) is 12.6 Å². The zero-order valence-electron chi connectivity index (χ0n) is 5.42. The summed E-state index contributed by atoms with van der Waals surface area (Å²) in [6, 6.07) is 0. The van der Waals surface area contributed by atoms with Gasteiger partial charge in [0.05, 0.1) is 11.4 Å². The summed E-state index contributed by atoms with van der Waals surface area (Å²) in [4.78, 5) is 8.79. The highest BCUT2D eigenvalue weighted by Crippen LogP contribution is 2.11. The topological polar surface area (TPSA) is 25.8 Å². The molecule has 0 aliphatic rings. The molecule has 0 N–H and O–H groups in total. The minimum Gasteiger partial charge on any atom is -0.241 e. The second kappa shape index (κ2) is 2.35. The zero-order chi connectivity index (χ0) is 6.85. The summed E-state index contributed by atoms with van der Waals surface area (Å²) in [5.74, 6) is 0. The van der Waals surface area contributed by atoms with Crippen LogP contribution in [-0.4, -0.2) is 9.97 Å². The van der Waals surface area contributed by atoms with E-state index in [1.165, 1.54) is 0 Å². The second-order valence-electron chi connectivity index (χ2n) is 1.89. The van der Waals surface area contributed by atoms with E-state index in [1.807, 2.05) is 13.8 Å². The molecular formula is C6H8N2S. The predicted molar refractivity (Wildman–Crippen MR) is 38.8 cm³/mol. The fraction of sp³-hybridized carbons (Fsp3) is 0.333. The molecule has 0 amide bonds. The van der Waals surface area contributed by atoms with Gasteiger partial charge in [0, 0.05) is 4.90 Å². The molecule has 0 aliphatic carbocycles. The van der Waals surface area contributed by atoms with Gasteiger partial charge in [0.25, 0.3) is 0 Å². The smallest absolute Gasteiger partial charge is 0.115 e. The van der Waals surface area contributed by atoms with Crippen molar-refractivity contribution in [2.75, 3.05) is 0 Å². The fourth-order valence-electron chi connectivity index (χ4n) is 0.586. The largest absolute Gasteiger partial charge is 0.241 e. The highest BCUT2D eigenvalue weighted by molar-refractivity contribution is 7.80. The van der Waals surface area contributed by atoms with Gasteiger partial charge in [-0.1, -0.05) is 0 Å². The minimum atomic E-state index is 0.887. The molecule has 0 aliphatic heterocycles. The van der Waals surface area contributed by atoms with Crippen LogP contribution in [0.1, 0.15) is 11.4 Å². The third kappa shape index (κ3) is 1.21. The van der Waals surface area contributed by atoms with Crippen molar-refractivity contribution < 1.29 is 0 Å². The third-order valence-electron chi connectivity index (χ3n) is 1.19. The summed E-state index contributed by atoms with van der Waals surface area (Å²) < 4.78 is 0. The lowest BCUT2D eigenvalue weighted by Gasteiger charge is -1.97. The Bertz CT molecular complexity index is 202. The first-order valence-corrected chi connectivity index (χ1v) is 3.13. The van der Waals surface area contributed by atoms with Crippen LogP contribution in [-0.2, 0) is 0 Å². The Morgan fingerprint density at radius 1 is 1.22 bits per heavy atom. The SMILES string of the molecule is Cc1ncnc(C)c1S. The van der Waals surface area contributed by atoms with E-state index in [4.69, 9.17) is 0 Å². The number of aromatic nitrogens is 2. The Morgan fingerprint density at radius 2 is 1.67 bits per heavy atom. The van der Waals surface area contributed by atoms with Crippen molar-refractivity contribution in [2.24, 2.45) is 0 Å². The van der Waals surface area contributed by atoms with Crippen molar-refractivity contribution in [1.29, 1.82) is 0 Å². The van der Waals surface area contributed by atoms with Crippen LogP contribution in [0.4, 0.5) is 0 Å². The van der Waals surface area contributed by atoms with E-state index in [0.29, 0.717) is 0 Å². The van der Waals surface area contributed by atoms with E-state index < -0.39 is 0 Å². The molecular weight excluding hydrogens is 132 g/mol. The Balaban J connectivity index is 3.25. The lowest BCUT2D eigenvalue weighted by atomic mass is 10.4. The monoisotopic (exact) mass is 140 g/mol. The number of rotatable bonds is 0. The van der Waals surface area contributed by atoms with Crippen LogP contribution >= 0.6 is 12.6 Å². The lowest BCUT2D eigenvalue weighted by molar-refractivity contribution is 0.976. The molecule has 0 radical (unpaired) electrons. The fourth-order valence-corrected chi connectivity index (χ4v) is 0.702. The van der Waals surface area contributed by atoms with E-state index in [1.54, 1.807) is 6.33 Å². The van der Waals surface area contributed by atoms with Crippen molar-refractivity contribution in [3.63, 3.8) is 0 Å². The van der Waals surface area contributed by atoms with Crippen LogP contribution in [0.25, 0.3) is 0 Å². The van der Waals surface area contributed by atoms with Crippen LogP contribution in [0, 0.1) is 13.8 Å². The standard InChI is InChI=1S/C6H8N2S/c1-4-6(9)5(2)8-3-7-4/h3,9H,1-2H3. The van der Waals surface area contributed by atoms with Crippen LogP contribution in [0.5, 0.6) is 0 Å². The summed E-state index contributed by atoms with van der Waals surface area (Å²) in [6.07, 6.45) is 1.55. The first-order chi connectivity index (χ1) is 4.22. The summed E-state index contributed by atoms with van der Waals surface area (Å²) in [7, 11) is 0. The number of nitrogens with zero attached hydrogens (tertiary/aromatic N) is 2. The van der Waals surface area contributed by atoms with Crippen molar-refractivity contribution in [3.8, 4) is 0 Å². The molecule has 0 fully saturated rings. The molecule has 1 heterocycles. The molecule has 0 saturated carbocycles. The first kappa shape index (κ1) is 6.55. The van der Waals surface area contributed by atoms with Gasteiger partial charge in [-0.3, -0.25) is 0 Å². The Kier molecular flexibility index (Phi) is 1.71. The average molecular weight is 140 g/mol. The molecule has 9 heavy (non-hydrogen) atoms. The van der Waals surface area contributed by atoms with Gasteiger partial charge in [-0.05, 0) is 13.8 Å². The van der Waals surface area contributed by atoms with Gasteiger partial charge in [0.1, 0.15) is 6.33 Å². The maximum atomic E-state index is 4.19. The second-order valence-corrected chi connectivity index (χ2v) is 2.34. The third-order valence-corrected chi connectivity index (χ3v) is 1.84. The van der Waals surface area contributed by atoms with Gasteiger partial charge in [-0.25, -0.2) is 9.97 Å². The molecule has 0 bridgehead atoms. The molecule has 1 rings (SSSR count). The quantitative estimate of drug-likeness (QED) is 0.551. The molecule has 1 aromatic heterocycles. The van der Waals surface area contributed by atoms with Crippen molar-refractivity contribution >= 4 is 12.6 Å². The maximum absolute atomic E-state index is 4.19. The molecule has 0 saturated heterocycles. The highest BCUT2D eigenvalue weighted by atomic mass is 32.1. The van der Waals surface area contributed by atoms with Crippen LogP contribution in [0.2, 0.25) is 0 Å². The van der Waals surface area contributed by atoms with Crippen molar-refractivity contribution in [2.45, 2.75) is 18.7 Å². The summed E-state index contributed by atoms with van der Waals surface area (Å²) in [5, 5.41) is 0. The summed E-state index contributed by atoms with van der Waals surface area (Å²) >= 11 is 4.19. The molecule has 1 aromatic rings. The number of aryl methyl sites for hydroxylation is 2. The van der Waals surface area contributed by atoms with Gasteiger partial charge in [0.15, 0.2) is 0 Å². The maximum Gasteiger partial charge on any atom is 0.115 e. The lowest BCUT2D eigenvalue weighted by Crippen LogP contribution is -1.89. The molecule has 0 spiro atoms. The summed E-state index contributed by atoms with van der Waals surface area (Å²) in [5.41, 5.74) is 1.87. The summed E-state index contributed by atoms with van der Waals surface area (Å²) in [6.45, 7) is 3.83. The van der Waals surface area contributed by atoms with Crippen LogP contribution in [0.15, 0.2) is 11.2 Å². The van der Waals surface area contributed by atoms with Crippen LogP contribution < -0.4 is 0 Å². The molecule has 2 nitrogen and oxygen atoms in total. The molecule has 48 valence electrons. The first-order valence-electron chi connectivity index (χ1n) is 2.69. The zero-order valence-corrected chi connectivity index (χ0v) is 6.31. The number of thiol groups is 1. The average Bonchev–Trinajstić information content (AvgIpc) is 1.83. The van der Waals surface area contributed by atoms with Crippen LogP contribution in [0.3, 0.4) is 0 Å². The molecule has 0 aromatic carbocycles. The van der Waals surface area contributed by atoms with E-state index in [-0.39, 0.29) is 0 Å². The van der Waals surface area contributed by atoms with Crippen molar-refractivity contribution in [3.05, 3.63) is 17.7 Å². The number of hydrogen-bond acceptors (Lipinski definition) is 3. The Labute approximate surface area is 59.8 Å². The minimum absolute atomic E-state index is 0.887. The normalized spacial score (nSPS) is 9.67. The van der Waals surface area contributed by atoms with Gasteiger partial charge < -0.3 is 0 Å². The van der Waals surface area contributed by atoms with E-state index in [0.717, 1.165) is 16.3 Å². The van der Waals surface area contributed by atoms with Gasteiger partial charge >= 0.3 is 0 Å². The Hall–Kier alpha value is -0.570. The molecule has 3 heteroatoms.